The summed E-state index contributed by atoms with van der Waals surface area (Å²) in [4.78, 5) is 36.7. The van der Waals surface area contributed by atoms with Gasteiger partial charge in [0.05, 0.1) is 26.7 Å². The molecule has 122 valence electrons. The van der Waals surface area contributed by atoms with Crippen molar-refractivity contribution in [1.82, 2.24) is 4.90 Å². The first-order chi connectivity index (χ1) is 9.05. The van der Waals surface area contributed by atoms with Crippen molar-refractivity contribution in [3.63, 3.8) is 0 Å². The number of carbonyl (C=O) groups excluding carboxylic acids is 3. The summed E-state index contributed by atoms with van der Waals surface area (Å²) in [6.07, 6.45) is 1.96. The third kappa shape index (κ3) is 4.39. The Labute approximate surface area is 129 Å². The SMILES string of the molecule is COC(=O)CN1C2CC(=O)CC1CC(C(=O)OC)C2.Cl.O. The lowest BCUT2D eigenvalue weighted by molar-refractivity contribution is -0.154. The Balaban J connectivity index is 0.00000200. The lowest BCUT2D eigenvalue weighted by Crippen LogP contribution is -2.57. The Morgan fingerprint density at radius 3 is 2.10 bits per heavy atom. The monoisotopic (exact) mass is 323 g/mol. The van der Waals surface area contributed by atoms with Gasteiger partial charge in [0, 0.05) is 24.9 Å². The standard InChI is InChI=1S/C13H19NO5.ClH.H2O/c1-18-12(16)7-14-9-3-8(13(17)19-2)4-10(14)6-11(15)5-9;;/h8-10H,3-7H2,1-2H3;1H;1H2. The van der Waals surface area contributed by atoms with E-state index in [1.165, 1.54) is 14.2 Å². The number of Topliss-reactive ketones (excluding diaryl/α,β-unsaturated/α-hetero) is 1. The Morgan fingerprint density at radius 2 is 1.67 bits per heavy atom. The summed E-state index contributed by atoms with van der Waals surface area (Å²) in [6, 6.07) is -0.105. The molecule has 2 saturated heterocycles. The quantitative estimate of drug-likeness (QED) is 0.663. The summed E-state index contributed by atoms with van der Waals surface area (Å²) in [7, 11) is 2.73. The lowest BCUT2D eigenvalue weighted by atomic mass is 9.78. The molecule has 2 bridgehead atoms. The fraction of sp³-hybridized carbons (Fsp3) is 0.769. The zero-order valence-electron chi connectivity index (χ0n) is 12.2. The minimum atomic E-state index is -0.305. The largest absolute Gasteiger partial charge is 0.469 e. The zero-order valence-corrected chi connectivity index (χ0v) is 13.0. The van der Waals surface area contributed by atoms with E-state index >= 15 is 0 Å². The number of ether oxygens (including phenoxy) is 2. The molecular formula is C13H22ClNO6. The first-order valence-corrected chi connectivity index (χ1v) is 6.47. The second kappa shape index (κ2) is 8.31. The Hall–Kier alpha value is -1.18. The number of fused-ring (bicyclic) bond motifs is 2. The topological polar surface area (TPSA) is 104 Å². The highest BCUT2D eigenvalue weighted by molar-refractivity contribution is 5.85. The lowest BCUT2D eigenvalue weighted by Gasteiger charge is -2.46. The molecule has 2 atom stereocenters. The number of halogens is 1. The highest BCUT2D eigenvalue weighted by Gasteiger charge is 2.44. The number of hydrogen-bond acceptors (Lipinski definition) is 6. The molecule has 2 aliphatic rings. The average Bonchev–Trinajstić information content (AvgIpc) is 2.38. The van der Waals surface area contributed by atoms with Crippen LogP contribution < -0.4 is 0 Å². The molecule has 2 N–H and O–H groups in total. The van der Waals surface area contributed by atoms with E-state index in [0.29, 0.717) is 25.7 Å². The van der Waals surface area contributed by atoms with Gasteiger partial charge in [-0.05, 0) is 12.8 Å². The van der Waals surface area contributed by atoms with Crippen molar-refractivity contribution in [3.8, 4) is 0 Å². The van der Waals surface area contributed by atoms with Gasteiger partial charge in [0.25, 0.3) is 0 Å². The van der Waals surface area contributed by atoms with Crippen LogP contribution >= 0.6 is 12.4 Å². The maximum absolute atomic E-state index is 11.7. The van der Waals surface area contributed by atoms with Crippen LogP contribution in [0.1, 0.15) is 25.7 Å². The van der Waals surface area contributed by atoms with E-state index in [-0.39, 0.29) is 60.2 Å². The molecule has 2 unspecified atom stereocenters. The average molecular weight is 324 g/mol. The molecule has 0 aliphatic carbocycles. The van der Waals surface area contributed by atoms with E-state index in [1.807, 2.05) is 4.90 Å². The highest BCUT2D eigenvalue weighted by Crippen LogP contribution is 2.36. The second-order valence-corrected chi connectivity index (χ2v) is 5.19. The fourth-order valence-corrected chi connectivity index (χ4v) is 3.16. The van der Waals surface area contributed by atoms with Crippen LogP contribution in [0.15, 0.2) is 0 Å². The van der Waals surface area contributed by atoms with Crippen LogP contribution in [-0.4, -0.2) is 60.9 Å². The van der Waals surface area contributed by atoms with Crippen molar-refractivity contribution >= 4 is 30.1 Å². The third-order valence-corrected chi connectivity index (χ3v) is 4.05. The molecule has 2 rings (SSSR count). The first kappa shape index (κ1) is 19.8. The number of methoxy groups -OCH3 is 2. The van der Waals surface area contributed by atoms with Gasteiger partial charge in [-0.3, -0.25) is 19.3 Å². The van der Waals surface area contributed by atoms with E-state index in [2.05, 4.69) is 4.74 Å². The summed E-state index contributed by atoms with van der Waals surface area (Å²) in [6.45, 7) is 0.188. The van der Waals surface area contributed by atoms with E-state index in [1.54, 1.807) is 0 Å². The van der Waals surface area contributed by atoms with Gasteiger partial charge in [-0.25, -0.2) is 0 Å². The maximum atomic E-state index is 11.7. The molecule has 2 fully saturated rings. The predicted molar refractivity (Wildman–Crippen MR) is 76.1 cm³/mol. The van der Waals surface area contributed by atoms with Crippen LogP contribution in [0.3, 0.4) is 0 Å². The highest BCUT2D eigenvalue weighted by atomic mass is 35.5. The van der Waals surface area contributed by atoms with E-state index in [4.69, 9.17) is 4.74 Å². The molecule has 0 amide bonds. The maximum Gasteiger partial charge on any atom is 0.319 e. The van der Waals surface area contributed by atoms with Gasteiger partial charge in [0.2, 0.25) is 0 Å². The molecule has 0 saturated carbocycles. The molecule has 0 spiro atoms. The fourth-order valence-electron chi connectivity index (χ4n) is 3.16. The molecule has 2 aliphatic heterocycles. The summed E-state index contributed by atoms with van der Waals surface area (Å²) < 4.78 is 9.47. The van der Waals surface area contributed by atoms with Gasteiger partial charge >= 0.3 is 11.9 Å². The van der Waals surface area contributed by atoms with Crippen molar-refractivity contribution in [2.45, 2.75) is 37.8 Å². The number of ketones is 1. The summed E-state index contributed by atoms with van der Waals surface area (Å²) in [5, 5.41) is 0. The minimum Gasteiger partial charge on any atom is -0.469 e. The van der Waals surface area contributed by atoms with Crippen molar-refractivity contribution in [3.05, 3.63) is 0 Å². The molecular weight excluding hydrogens is 302 g/mol. The molecule has 21 heavy (non-hydrogen) atoms. The van der Waals surface area contributed by atoms with E-state index < -0.39 is 0 Å². The van der Waals surface area contributed by atoms with Gasteiger partial charge in [-0.2, -0.15) is 0 Å². The summed E-state index contributed by atoms with van der Waals surface area (Å²) in [5.74, 6) is -0.482. The molecule has 0 aromatic carbocycles. The number of hydrogen-bond donors (Lipinski definition) is 0. The molecule has 0 aromatic rings. The predicted octanol–water partition coefficient (Wildman–Crippen LogP) is -0.258. The molecule has 0 radical (unpaired) electrons. The summed E-state index contributed by atoms with van der Waals surface area (Å²) >= 11 is 0. The number of nitrogens with zero attached hydrogens (tertiary/aromatic N) is 1. The number of piperidine rings is 2. The van der Waals surface area contributed by atoms with Gasteiger partial charge < -0.3 is 14.9 Å². The number of carbonyl (C=O) groups is 3. The van der Waals surface area contributed by atoms with Gasteiger partial charge in [0.15, 0.2) is 0 Å². The van der Waals surface area contributed by atoms with E-state index in [9.17, 15) is 14.4 Å². The molecule has 2 heterocycles. The number of rotatable bonds is 3. The Morgan fingerprint density at radius 1 is 1.14 bits per heavy atom. The van der Waals surface area contributed by atoms with Crippen LogP contribution in [0.5, 0.6) is 0 Å². The number of esters is 2. The van der Waals surface area contributed by atoms with Gasteiger partial charge in [0.1, 0.15) is 5.78 Å². The molecule has 7 nitrogen and oxygen atoms in total. The smallest absolute Gasteiger partial charge is 0.319 e. The van der Waals surface area contributed by atoms with Gasteiger partial charge in [-0.1, -0.05) is 0 Å². The van der Waals surface area contributed by atoms with Crippen molar-refractivity contribution in [2.24, 2.45) is 5.92 Å². The summed E-state index contributed by atoms with van der Waals surface area (Å²) in [5.41, 5.74) is 0. The molecule has 0 aromatic heterocycles. The van der Waals surface area contributed by atoms with E-state index in [0.717, 1.165) is 0 Å². The van der Waals surface area contributed by atoms with Crippen LogP contribution in [-0.2, 0) is 23.9 Å². The zero-order chi connectivity index (χ0) is 14.0. The second-order valence-electron chi connectivity index (χ2n) is 5.19. The van der Waals surface area contributed by atoms with Crippen molar-refractivity contribution in [2.75, 3.05) is 20.8 Å². The van der Waals surface area contributed by atoms with Crippen molar-refractivity contribution < 1.29 is 29.3 Å². The third-order valence-electron chi connectivity index (χ3n) is 4.05. The Kier molecular flexibility index (Phi) is 7.84. The normalized spacial score (nSPS) is 27.9. The first-order valence-electron chi connectivity index (χ1n) is 6.47. The molecule has 8 heteroatoms. The van der Waals surface area contributed by atoms with Crippen molar-refractivity contribution in [1.29, 1.82) is 0 Å². The van der Waals surface area contributed by atoms with Crippen LogP contribution in [0.2, 0.25) is 0 Å². The van der Waals surface area contributed by atoms with Crippen LogP contribution in [0.25, 0.3) is 0 Å². The van der Waals surface area contributed by atoms with Gasteiger partial charge in [-0.15, -0.1) is 12.4 Å². The van der Waals surface area contributed by atoms with Crippen LogP contribution in [0.4, 0.5) is 0 Å². The van der Waals surface area contributed by atoms with Crippen LogP contribution in [0, 0.1) is 5.92 Å². The minimum absolute atomic E-state index is 0. The Bertz CT molecular complexity index is 384.